The Morgan fingerprint density at radius 2 is 1.73 bits per heavy atom. The molecule has 1 aromatic carbocycles. The molecular weight excluding hydrogens is 204 g/mol. The van der Waals surface area contributed by atoms with Gasteiger partial charge in [0.15, 0.2) is 0 Å². The van der Waals surface area contributed by atoms with Crippen molar-refractivity contribution in [1.29, 1.82) is 0 Å². The second-order valence-electron chi connectivity index (χ2n) is 3.03. The molecule has 0 fully saturated rings. The third-order valence-corrected chi connectivity index (χ3v) is 2.06. The van der Waals surface area contributed by atoms with E-state index in [0.717, 1.165) is 0 Å². The lowest BCUT2D eigenvalue weighted by atomic mass is 10.1. The van der Waals surface area contributed by atoms with Crippen molar-refractivity contribution in [3.8, 4) is 0 Å². The van der Waals surface area contributed by atoms with E-state index in [1.165, 1.54) is 31.3 Å². The number of nitrogens with one attached hydrogen (secondary N) is 1. The molecule has 15 heavy (non-hydrogen) atoms. The zero-order chi connectivity index (χ0) is 11.4. The molecule has 1 unspecified atom stereocenters. The second kappa shape index (κ2) is 4.84. The molecule has 0 aliphatic rings. The summed E-state index contributed by atoms with van der Waals surface area (Å²) in [5.41, 5.74) is 0.341. The van der Waals surface area contributed by atoms with Gasteiger partial charge in [-0.15, -0.1) is 0 Å². The number of benzene rings is 1. The topological polar surface area (TPSA) is 49.3 Å². The third kappa shape index (κ3) is 2.73. The molecule has 2 N–H and O–H groups in total. The Hall–Kier alpha value is -1.49. The number of carboxylic acid groups (broad SMARTS) is 1. The lowest BCUT2D eigenvalue weighted by Crippen LogP contribution is -2.24. The normalized spacial score (nSPS) is 12.8. The molecule has 0 bridgehead atoms. The fraction of sp³-hybridized carbons (Fsp3) is 0.300. The number of hydrogen-bond acceptors (Lipinski definition) is 2. The van der Waals surface area contributed by atoms with Crippen molar-refractivity contribution in [2.75, 3.05) is 7.05 Å². The van der Waals surface area contributed by atoms with Crippen molar-refractivity contribution < 1.29 is 18.7 Å². The first-order valence-electron chi connectivity index (χ1n) is 4.34. The van der Waals surface area contributed by atoms with Gasteiger partial charge >= 0.3 is 5.97 Å². The van der Waals surface area contributed by atoms with Crippen LogP contribution in [0.3, 0.4) is 0 Å². The quantitative estimate of drug-likeness (QED) is 0.807. The highest BCUT2D eigenvalue weighted by Crippen LogP contribution is 2.21. The van der Waals surface area contributed by atoms with Crippen LogP contribution in [0.2, 0.25) is 0 Å². The van der Waals surface area contributed by atoms with Gasteiger partial charge in [0.1, 0.15) is 6.04 Å². The first kappa shape index (κ1) is 11.6. The summed E-state index contributed by atoms with van der Waals surface area (Å²) in [6.45, 7) is 0. The Balaban J connectivity index is 2.92. The highest BCUT2D eigenvalue weighted by atomic mass is 19.3. The van der Waals surface area contributed by atoms with E-state index in [0.29, 0.717) is 5.56 Å². The molecule has 1 atom stereocenters. The molecule has 1 aromatic rings. The van der Waals surface area contributed by atoms with E-state index in [1.54, 1.807) is 0 Å². The molecule has 0 radical (unpaired) electrons. The van der Waals surface area contributed by atoms with Crippen LogP contribution < -0.4 is 5.32 Å². The van der Waals surface area contributed by atoms with E-state index in [4.69, 9.17) is 5.11 Å². The summed E-state index contributed by atoms with van der Waals surface area (Å²) in [6.07, 6.45) is -2.53. The number of carbonyl (C=O) groups is 1. The minimum atomic E-state index is -2.53. The van der Waals surface area contributed by atoms with Crippen molar-refractivity contribution in [2.24, 2.45) is 0 Å². The number of rotatable bonds is 4. The molecule has 0 aliphatic heterocycles. The molecule has 0 aliphatic carbocycles. The number of likely N-dealkylation sites (N-methyl/N-ethyl adjacent to an activating group) is 1. The Bertz CT molecular complexity index is 338. The zero-order valence-corrected chi connectivity index (χ0v) is 8.08. The summed E-state index contributed by atoms with van der Waals surface area (Å²) < 4.78 is 24.4. The zero-order valence-electron chi connectivity index (χ0n) is 8.08. The van der Waals surface area contributed by atoms with Gasteiger partial charge in [0.05, 0.1) is 0 Å². The smallest absolute Gasteiger partial charge is 0.325 e. The van der Waals surface area contributed by atoms with Crippen LogP contribution in [-0.2, 0) is 4.79 Å². The standard InChI is InChI=1S/C10H11F2NO2/c1-13-8(10(14)15)6-2-4-7(5-3-6)9(11)12/h2-5,8-9,13H,1H3,(H,14,15). The van der Waals surface area contributed by atoms with Crippen LogP contribution in [0.5, 0.6) is 0 Å². The number of halogens is 2. The number of alkyl halides is 2. The van der Waals surface area contributed by atoms with Crippen LogP contribution >= 0.6 is 0 Å². The van der Waals surface area contributed by atoms with Gasteiger partial charge in [-0.1, -0.05) is 24.3 Å². The van der Waals surface area contributed by atoms with Gasteiger partial charge in [-0.3, -0.25) is 4.79 Å². The van der Waals surface area contributed by atoms with E-state index in [1.807, 2.05) is 0 Å². The maximum Gasteiger partial charge on any atom is 0.325 e. The van der Waals surface area contributed by atoms with Crippen molar-refractivity contribution in [3.63, 3.8) is 0 Å². The number of carboxylic acids is 1. The van der Waals surface area contributed by atoms with Gasteiger partial charge in [-0.2, -0.15) is 0 Å². The Labute approximate surface area is 85.7 Å². The Morgan fingerprint density at radius 1 is 1.27 bits per heavy atom. The Kier molecular flexibility index (Phi) is 3.74. The average Bonchev–Trinajstić information content (AvgIpc) is 2.19. The molecule has 82 valence electrons. The molecule has 3 nitrogen and oxygen atoms in total. The van der Waals surface area contributed by atoms with E-state index in [2.05, 4.69) is 5.32 Å². The molecule has 1 rings (SSSR count). The molecule has 0 aromatic heterocycles. The highest BCUT2D eigenvalue weighted by molar-refractivity contribution is 5.75. The van der Waals surface area contributed by atoms with Crippen molar-refractivity contribution in [1.82, 2.24) is 5.32 Å². The van der Waals surface area contributed by atoms with Gasteiger partial charge in [0, 0.05) is 5.56 Å². The minimum Gasteiger partial charge on any atom is -0.480 e. The predicted octanol–water partition coefficient (Wildman–Crippen LogP) is 1.97. The maximum atomic E-state index is 12.2. The molecule has 0 spiro atoms. The van der Waals surface area contributed by atoms with Crippen LogP contribution in [0.4, 0.5) is 8.78 Å². The van der Waals surface area contributed by atoms with Gasteiger partial charge < -0.3 is 10.4 Å². The SMILES string of the molecule is CNC(C(=O)O)c1ccc(C(F)F)cc1. The van der Waals surface area contributed by atoms with Crippen LogP contribution in [0.15, 0.2) is 24.3 Å². The maximum absolute atomic E-state index is 12.2. The largest absolute Gasteiger partial charge is 0.480 e. The van der Waals surface area contributed by atoms with Crippen LogP contribution in [0.25, 0.3) is 0 Å². The predicted molar refractivity (Wildman–Crippen MR) is 50.8 cm³/mol. The van der Waals surface area contributed by atoms with Crippen molar-refractivity contribution in [3.05, 3.63) is 35.4 Å². The van der Waals surface area contributed by atoms with E-state index >= 15 is 0 Å². The summed E-state index contributed by atoms with van der Waals surface area (Å²) in [5, 5.41) is 11.4. The monoisotopic (exact) mass is 215 g/mol. The molecule has 0 heterocycles. The number of aliphatic carboxylic acids is 1. The van der Waals surface area contributed by atoms with E-state index in [9.17, 15) is 13.6 Å². The molecule has 5 heteroatoms. The summed E-state index contributed by atoms with van der Waals surface area (Å²) in [4.78, 5) is 10.7. The van der Waals surface area contributed by atoms with Crippen molar-refractivity contribution in [2.45, 2.75) is 12.5 Å². The van der Waals surface area contributed by atoms with Gasteiger partial charge in [-0.25, -0.2) is 8.78 Å². The number of hydrogen-bond donors (Lipinski definition) is 2. The van der Waals surface area contributed by atoms with Crippen molar-refractivity contribution >= 4 is 5.97 Å². The molecular formula is C10H11F2NO2. The molecule has 0 amide bonds. The molecule has 0 saturated carbocycles. The fourth-order valence-corrected chi connectivity index (χ4v) is 1.27. The second-order valence-corrected chi connectivity index (χ2v) is 3.03. The van der Waals surface area contributed by atoms with Crippen LogP contribution in [0, 0.1) is 0 Å². The third-order valence-electron chi connectivity index (χ3n) is 2.06. The van der Waals surface area contributed by atoms with Gasteiger partial charge in [0.2, 0.25) is 0 Å². The Morgan fingerprint density at radius 3 is 2.07 bits per heavy atom. The lowest BCUT2D eigenvalue weighted by Gasteiger charge is -2.11. The van der Waals surface area contributed by atoms with Gasteiger partial charge in [-0.05, 0) is 12.6 Å². The summed E-state index contributed by atoms with van der Waals surface area (Å²) in [5.74, 6) is -1.04. The first-order valence-corrected chi connectivity index (χ1v) is 4.34. The first-order chi connectivity index (χ1) is 7.06. The minimum absolute atomic E-state index is 0.112. The summed E-state index contributed by atoms with van der Waals surface area (Å²) in [6, 6.07) is 4.37. The summed E-state index contributed by atoms with van der Waals surface area (Å²) in [7, 11) is 1.50. The lowest BCUT2D eigenvalue weighted by molar-refractivity contribution is -0.139. The summed E-state index contributed by atoms with van der Waals surface area (Å²) >= 11 is 0. The molecule has 0 saturated heterocycles. The fourth-order valence-electron chi connectivity index (χ4n) is 1.27. The highest BCUT2D eigenvalue weighted by Gasteiger charge is 2.17. The van der Waals surface area contributed by atoms with Gasteiger partial charge in [0.25, 0.3) is 6.43 Å². The average molecular weight is 215 g/mol. The van der Waals surface area contributed by atoms with Crippen LogP contribution in [0.1, 0.15) is 23.6 Å². The van der Waals surface area contributed by atoms with E-state index in [-0.39, 0.29) is 5.56 Å². The van der Waals surface area contributed by atoms with E-state index < -0.39 is 18.4 Å². The van der Waals surface area contributed by atoms with Crippen LogP contribution in [-0.4, -0.2) is 18.1 Å².